The summed E-state index contributed by atoms with van der Waals surface area (Å²) in [5, 5.41) is 0.399. The number of hydrogen-bond donors (Lipinski definition) is 0. The Morgan fingerprint density at radius 2 is 2.19 bits per heavy atom. The van der Waals surface area contributed by atoms with Crippen LogP contribution in [0.25, 0.3) is 0 Å². The standard InChI is InChI=1S/C11H9ClO4/c1-15-8-4-2-3-7(12)10(8)6-5-9(13)16-11(6)14/h2-4,6H,5H2,1H3. The molecular formula is C11H9ClO4. The van der Waals surface area contributed by atoms with Crippen molar-refractivity contribution in [2.24, 2.45) is 0 Å². The molecule has 0 aromatic heterocycles. The van der Waals surface area contributed by atoms with E-state index >= 15 is 0 Å². The molecule has 0 spiro atoms. The molecule has 1 aromatic rings. The van der Waals surface area contributed by atoms with Gasteiger partial charge < -0.3 is 9.47 Å². The third-order valence-electron chi connectivity index (χ3n) is 2.45. The Balaban J connectivity index is 2.47. The summed E-state index contributed by atoms with van der Waals surface area (Å²) in [7, 11) is 1.48. The SMILES string of the molecule is COc1cccc(Cl)c1C1CC(=O)OC1=O. The fourth-order valence-corrected chi connectivity index (χ4v) is 2.03. The lowest BCUT2D eigenvalue weighted by atomic mass is 9.96. The monoisotopic (exact) mass is 240 g/mol. The first kappa shape index (κ1) is 11.0. The van der Waals surface area contributed by atoms with Crippen LogP contribution in [0.1, 0.15) is 17.9 Å². The molecule has 4 nitrogen and oxygen atoms in total. The first-order chi connectivity index (χ1) is 7.63. The number of cyclic esters (lactones) is 2. The second-order valence-electron chi connectivity index (χ2n) is 3.41. The average molecular weight is 241 g/mol. The maximum Gasteiger partial charge on any atom is 0.321 e. The van der Waals surface area contributed by atoms with E-state index in [0.29, 0.717) is 16.3 Å². The molecular weight excluding hydrogens is 232 g/mol. The highest BCUT2D eigenvalue weighted by molar-refractivity contribution is 6.32. The van der Waals surface area contributed by atoms with Gasteiger partial charge in [-0.2, -0.15) is 0 Å². The van der Waals surface area contributed by atoms with Crippen molar-refractivity contribution < 1.29 is 19.1 Å². The molecule has 1 atom stereocenters. The lowest BCUT2D eigenvalue weighted by Gasteiger charge is -2.12. The predicted octanol–water partition coefficient (Wildman–Crippen LogP) is 1.91. The summed E-state index contributed by atoms with van der Waals surface area (Å²) >= 11 is 6.00. The summed E-state index contributed by atoms with van der Waals surface area (Å²) in [6.07, 6.45) is 0.0128. The Morgan fingerprint density at radius 1 is 1.44 bits per heavy atom. The molecule has 0 saturated carbocycles. The zero-order valence-electron chi connectivity index (χ0n) is 8.53. The molecule has 0 radical (unpaired) electrons. The zero-order chi connectivity index (χ0) is 11.7. The molecule has 1 aromatic carbocycles. The first-order valence-electron chi connectivity index (χ1n) is 4.70. The molecule has 1 saturated heterocycles. The van der Waals surface area contributed by atoms with Gasteiger partial charge in [0.05, 0.1) is 19.4 Å². The third-order valence-corrected chi connectivity index (χ3v) is 2.78. The van der Waals surface area contributed by atoms with E-state index in [1.165, 1.54) is 7.11 Å². The van der Waals surface area contributed by atoms with Crippen LogP contribution in [0.4, 0.5) is 0 Å². The van der Waals surface area contributed by atoms with Crippen LogP contribution in [0, 0.1) is 0 Å². The van der Waals surface area contributed by atoms with Crippen molar-refractivity contribution in [1.29, 1.82) is 0 Å². The number of carbonyl (C=O) groups excluding carboxylic acids is 2. The van der Waals surface area contributed by atoms with Crippen molar-refractivity contribution in [3.63, 3.8) is 0 Å². The molecule has 1 aliphatic rings. The number of methoxy groups -OCH3 is 1. The third kappa shape index (κ3) is 1.76. The van der Waals surface area contributed by atoms with Crippen LogP contribution in [0.15, 0.2) is 18.2 Å². The Labute approximate surface area is 97.1 Å². The highest BCUT2D eigenvalue weighted by atomic mass is 35.5. The normalized spacial score (nSPS) is 19.8. The Hall–Kier alpha value is -1.55. The smallest absolute Gasteiger partial charge is 0.321 e. The van der Waals surface area contributed by atoms with Gasteiger partial charge in [0.1, 0.15) is 5.75 Å². The minimum atomic E-state index is -0.656. The topological polar surface area (TPSA) is 52.6 Å². The van der Waals surface area contributed by atoms with Crippen molar-refractivity contribution >= 4 is 23.5 Å². The van der Waals surface area contributed by atoms with Gasteiger partial charge in [0, 0.05) is 10.6 Å². The van der Waals surface area contributed by atoms with E-state index < -0.39 is 17.9 Å². The van der Waals surface area contributed by atoms with E-state index in [1.54, 1.807) is 18.2 Å². The summed E-state index contributed by atoms with van der Waals surface area (Å²) in [6, 6.07) is 5.06. The number of carbonyl (C=O) groups is 2. The summed E-state index contributed by atoms with van der Waals surface area (Å²) < 4.78 is 9.61. The van der Waals surface area contributed by atoms with Crippen LogP contribution in [-0.4, -0.2) is 19.0 Å². The van der Waals surface area contributed by atoms with Crippen molar-refractivity contribution in [2.45, 2.75) is 12.3 Å². The molecule has 2 rings (SSSR count). The second kappa shape index (κ2) is 4.14. The molecule has 84 valence electrons. The zero-order valence-corrected chi connectivity index (χ0v) is 9.28. The highest BCUT2D eigenvalue weighted by Gasteiger charge is 2.37. The Morgan fingerprint density at radius 3 is 2.75 bits per heavy atom. The molecule has 5 heteroatoms. The summed E-state index contributed by atoms with van der Waals surface area (Å²) in [5.41, 5.74) is 0.516. The minimum Gasteiger partial charge on any atom is -0.496 e. The van der Waals surface area contributed by atoms with E-state index in [2.05, 4.69) is 4.74 Å². The average Bonchev–Trinajstić information content (AvgIpc) is 2.57. The van der Waals surface area contributed by atoms with Gasteiger partial charge in [0.15, 0.2) is 0 Å². The molecule has 1 aliphatic heterocycles. The van der Waals surface area contributed by atoms with E-state index in [9.17, 15) is 9.59 Å². The van der Waals surface area contributed by atoms with Crippen LogP contribution >= 0.6 is 11.6 Å². The van der Waals surface area contributed by atoms with Crippen molar-refractivity contribution in [2.75, 3.05) is 7.11 Å². The van der Waals surface area contributed by atoms with Crippen LogP contribution in [0.3, 0.4) is 0 Å². The second-order valence-corrected chi connectivity index (χ2v) is 3.81. The number of benzene rings is 1. The molecule has 0 aliphatic carbocycles. The fourth-order valence-electron chi connectivity index (χ4n) is 1.73. The van der Waals surface area contributed by atoms with Crippen molar-refractivity contribution in [1.82, 2.24) is 0 Å². The summed E-state index contributed by atoms with van der Waals surface area (Å²) in [4.78, 5) is 22.5. The van der Waals surface area contributed by atoms with Gasteiger partial charge in [-0.15, -0.1) is 0 Å². The van der Waals surface area contributed by atoms with Gasteiger partial charge in [0.2, 0.25) is 0 Å². The number of ether oxygens (including phenoxy) is 2. The Kier molecular flexibility index (Phi) is 2.83. The van der Waals surface area contributed by atoms with Gasteiger partial charge in [0.25, 0.3) is 0 Å². The molecule has 0 bridgehead atoms. The van der Waals surface area contributed by atoms with E-state index in [4.69, 9.17) is 16.3 Å². The number of hydrogen-bond acceptors (Lipinski definition) is 4. The van der Waals surface area contributed by atoms with Crippen LogP contribution in [0.2, 0.25) is 5.02 Å². The molecule has 1 heterocycles. The van der Waals surface area contributed by atoms with Crippen LogP contribution < -0.4 is 4.74 Å². The van der Waals surface area contributed by atoms with E-state index in [0.717, 1.165) is 0 Å². The highest BCUT2D eigenvalue weighted by Crippen LogP contribution is 2.38. The number of esters is 2. The predicted molar refractivity (Wildman–Crippen MR) is 56.5 cm³/mol. The van der Waals surface area contributed by atoms with Crippen molar-refractivity contribution in [3.05, 3.63) is 28.8 Å². The van der Waals surface area contributed by atoms with Crippen LogP contribution in [0.5, 0.6) is 5.75 Å². The molecule has 0 N–H and O–H groups in total. The fraction of sp³-hybridized carbons (Fsp3) is 0.273. The lowest BCUT2D eigenvalue weighted by Crippen LogP contribution is -2.08. The van der Waals surface area contributed by atoms with Gasteiger partial charge in [-0.1, -0.05) is 17.7 Å². The van der Waals surface area contributed by atoms with Gasteiger partial charge in [-0.25, -0.2) is 0 Å². The first-order valence-corrected chi connectivity index (χ1v) is 5.08. The number of rotatable bonds is 2. The molecule has 16 heavy (non-hydrogen) atoms. The summed E-state index contributed by atoms with van der Waals surface area (Å²) in [6.45, 7) is 0. The summed E-state index contributed by atoms with van der Waals surface area (Å²) in [5.74, 6) is -1.27. The van der Waals surface area contributed by atoms with Crippen molar-refractivity contribution in [3.8, 4) is 5.75 Å². The largest absolute Gasteiger partial charge is 0.496 e. The van der Waals surface area contributed by atoms with Gasteiger partial charge in [-0.05, 0) is 12.1 Å². The lowest BCUT2D eigenvalue weighted by molar-refractivity contribution is -0.152. The molecule has 0 amide bonds. The quantitative estimate of drug-likeness (QED) is 0.585. The maximum atomic E-state index is 11.4. The maximum absolute atomic E-state index is 11.4. The van der Waals surface area contributed by atoms with Crippen LogP contribution in [-0.2, 0) is 14.3 Å². The van der Waals surface area contributed by atoms with Gasteiger partial charge >= 0.3 is 11.9 Å². The van der Waals surface area contributed by atoms with E-state index in [1.807, 2.05) is 0 Å². The number of halogens is 1. The Bertz CT molecular complexity index is 455. The molecule has 1 unspecified atom stereocenters. The van der Waals surface area contributed by atoms with E-state index in [-0.39, 0.29) is 6.42 Å². The van der Waals surface area contributed by atoms with Gasteiger partial charge in [-0.3, -0.25) is 9.59 Å². The minimum absolute atomic E-state index is 0.0128. The molecule has 1 fully saturated rings.